The van der Waals surface area contributed by atoms with Crippen molar-refractivity contribution in [1.29, 1.82) is 0 Å². The largest absolute Gasteiger partial charge is 0.481 e. The maximum absolute atomic E-state index is 13.9. The molecule has 8 rings (SSSR count). The minimum absolute atomic E-state index is 0.00229. The molecule has 3 N–H and O–H groups in total. The Bertz CT molecular complexity index is 2430. The number of amides is 1. The highest BCUT2D eigenvalue weighted by Gasteiger charge is 2.41. The van der Waals surface area contributed by atoms with Crippen LogP contribution in [0.1, 0.15) is 42.7 Å². The van der Waals surface area contributed by atoms with E-state index >= 15 is 0 Å². The molecule has 2 fully saturated rings. The summed E-state index contributed by atoms with van der Waals surface area (Å²) in [7, 11) is 4.17. The van der Waals surface area contributed by atoms with Gasteiger partial charge in [0.2, 0.25) is 11.8 Å². The lowest BCUT2D eigenvalue weighted by molar-refractivity contribution is -0.150. The topological polar surface area (TPSA) is 141 Å². The van der Waals surface area contributed by atoms with Crippen molar-refractivity contribution in [1.82, 2.24) is 29.7 Å². The summed E-state index contributed by atoms with van der Waals surface area (Å²) in [5.41, 5.74) is 3.14. The first-order valence-electron chi connectivity index (χ1n) is 18.2. The van der Waals surface area contributed by atoms with E-state index in [-0.39, 0.29) is 34.8 Å². The van der Waals surface area contributed by atoms with E-state index in [1.54, 1.807) is 26.2 Å². The Morgan fingerprint density at radius 2 is 1.64 bits per heavy atom. The molecule has 1 amide bonds. The zero-order chi connectivity index (χ0) is 40.5. The molecule has 3 aromatic heterocycles. The van der Waals surface area contributed by atoms with Crippen LogP contribution in [0.15, 0.2) is 58.1 Å². The van der Waals surface area contributed by atoms with Gasteiger partial charge in [-0.3, -0.25) is 18.7 Å². The lowest BCUT2D eigenvalue weighted by Gasteiger charge is -2.44. The molecule has 0 unspecified atom stereocenters. The van der Waals surface area contributed by atoms with Crippen molar-refractivity contribution in [3.8, 4) is 28.3 Å². The van der Waals surface area contributed by atoms with Crippen molar-refractivity contribution in [3.05, 3.63) is 96.8 Å². The molecule has 2 aromatic carbocycles. The van der Waals surface area contributed by atoms with E-state index in [0.717, 1.165) is 47.0 Å². The van der Waals surface area contributed by atoms with Gasteiger partial charge in [0.05, 0.1) is 23.3 Å². The minimum Gasteiger partial charge on any atom is -0.481 e. The average molecular weight is 794 g/mol. The number of methoxy groups -OCH3 is 1. The fourth-order valence-corrected chi connectivity index (χ4v) is 7.34. The van der Waals surface area contributed by atoms with Gasteiger partial charge >= 0.3 is 11.9 Å². The van der Waals surface area contributed by atoms with Crippen LogP contribution in [0, 0.1) is 6.92 Å². The van der Waals surface area contributed by atoms with Crippen molar-refractivity contribution in [2.75, 3.05) is 38.7 Å². The second-order valence-electron chi connectivity index (χ2n) is 13.6. The minimum atomic E-state index is -4.82. The van der Waals surface area contributed by atoms with Crippen LogP contribution in [0.25, 0.3) is 33.3 Å². The van der Waals surface area contributed by atoms with E-state index in [1.807, 2.05) is 44.2 Å². The molecule has 16 heteroatoms. The number of hydrogen-bond acceptors (Lipinski definition) is 9. The van der Waals surface area contributed by atoms with Gasteiger partial charge in [-0.15, -0.1) is 0 Å². The van der Waals surface area contributed by atoms with E-state index in [0.29, 0.717) is 57.1 Å². The van der Waals surface area contributed by atoms with Gasteiger partial charge in [0, 0.05) is 56.1 Å². The third-order valence-corrected chi connectivity index (χ3v) is 10.6. The summed E-state index contributed by atoms with van der Waals surface area (Å²) >= 11 is 7.01. The van der Waals surface area contributed by atoms with Gasteiger partial charge in [0.25, 0.3) is 5.56 Å². The molecule has 5 heterocycles. The van der Waals surface area contributed by atoms with E-state index in [4.69, 9.17) is 26.1 Å². The molecule has 296 valence electrons. The third kappa shape index (κ3) is 7.62. The molecule has 12 nitrogen and oxygen atoms in total. The van der Waals surface area contributed by atoms with Gasteiger partial charge < -0.3 is 25.4 Å². The highest BCUT2D eigenvalue weighted by Crippen LogP contribution is 2.41. The average Bonchev–Trinajstić information content (AvgIpc) is 3.66. The van der Waals surface area contributed by atoms with Crippen molar-refractivity contribution < 1.29 is 27.4 Å². The number of hydrogen-bond donors (Lipinski definition) is 3. The number of anilines is 2. The van der Waals surface area contributed by atoms with E-state index < -0.39 is 23.1 Å². The van der Waals surface area contributed by atoms with Crippen molar-refractivity contribution in [2.45, 2.75) is 51.8 Å². The fourth-order valence-electron chi connectivity index (χ4n) is 7.02. The van der Waals surface area contributed by atoms with Crippen molar-refractivity contribution in [3.63, 3.8) is 0 Å². The number of alkyl halides is 3. The molecular weight excluding hydrogens is 751 g/mol. The third-order valence-electron chi connectivity index (χ3n) is 10.2. The maximum atomic E-state index is 13.9. The van der Waals surface area contributed by atoms with Crippen LogP contribution in [0.2, 0.25) is 5.02 Å². The SMILES string of the molecule is CC.COc1nc(-c2cccc(-c3cccc(Nc4nc(C(F)(F)F)cc5c4c(=O)n(C)c(=O)n5C)c3C)c2Cl)cc2c1CCC2.O=C1COC2(CNC2)CN1. The van der Waals surface area contributed by atoms with Crippen LogP contribution >= 0.6 is 11.6 Å². The summed E-state index contributed by atoms with van der Waals surface area (Å²) in [5, 5.41) is 9.13. The summed E-state index contributed by atoms with van der Waals surface area (Å²) in [6.07, 6.45) is -1.94. The monoisotopic (exact) mass is 793 g/mol. The molecule has 1 spiro atoms. The van der Waals surface area contributed by atoms with Crippen molar-refractivity contribution >= 4 is 39.9 Å². The summed E-state index contributed by atoms with van der Waals surface area (Å²) in [5.74, 6) is 0.265. The van der Waals surface area contributed by atoms with Crippen LogP contribution in [-0.4, -0.2) is 64.0 Å². The number of fused-ring (bicyclic) bond motifs is 2. The standard InChI is InChI=1S/C32H27ClF3N5O3.C6H10N2O2.C2H6/c1-16-18(20-11-6-12-21(27(20)33)23-14-17-8-5-10-19(17)29(38-23)44-4)9-7-13-22(16)37-28-26-24(15-25(39-28)32(34,35)36)40(2)31(43)41(3)30(26)42;9-5-1-10-6(4-8-5)2-7-3-6;1-2/h6-7,9,11-15H,5,8,10H2,1-4H3,(H,37,39);7H,1-4H2,(H,8,9);1-2H3. The quantitative estimate of drug-likeness (QED) is 0.193. The van der Waals surface area contributed by atoms with Crippen LogP contribution in [0.3, 0.4) is 0 Å². The van der Waals surface area contributed by atoms with Gasteiger partial charge in [0.15, 0.2) is 0 Å². The highest BCUT2D eigenvalue weighted by molar-refractivity contribution is 6.36. The second-order valence-corrected chi connectivity index (χ2v) is 14.0. The fraction of sp³-hybridized carbons (Fsp3) is 0.375. The Hall–Kier alpha value is -5.25. The Labute approximate surface area is 326 Å². The number of morpholine rings is 1. The van der Waals surface area contributed by atoms with Gasteiger partial charge in [-0.25, -0.2) is 14.8 Å². The Balaban J connectivity index is 0.000000378. The molecule has 3 aliphatic rings. The molecule has 2 aliphatic heterocycles. The lowest BCUT2D eigenvalue weighted by atomic mass is 9.96. The number of aryl methyl sites for hydroxylation is 2. The summed E-state index contributed by atoms with van der Waals surface area (Å²) in [6, 6.07) is 13.6. The number of rotatable bonds is 5. The first-order valence-corrected chi connectivity index (χ1v) is 18.6. The molecule has 0 radical (unpaired) electrons. The maximum Gasteiger partial charge on any atom is 0.433 e. The van der Waals surface area contributed by atoms with Crippen molar-refractivity contribution in [2.24, 2.45) is 14.1 Å². The van der Waals surface area contributed by atoms with Crippen LogP contribution in [0.4, 0.5) is 24.7 Å². The zero-order valence-electron chi connectivity index (χ0n) is 31.9. The number of nitrogens with zero attached hydrogens (tertiary/aromatic N) is 4. The van der Waals surface area contributed by atoms with E-state index in [1.165, 1.54) is 19.7 Å². The van der Waals surface area contributed by atoms with E-state index in [9.17, 15) is 27.6 Å². The number of halogens is 4. The van der Waals surface area contributed by atoms with E-state index in [2.05, 4.69) is 20.9 Å². The Morgan fingerprint density at radius 1 is 0.946 bits per heavy atom. The molecule has 0 atom stereocenters. The predicted molar refractivity (Wildman–Crippen MR) is 210 cm³/mol. The number of aromatic nitrogens is 4. The molecule has 56 heavy (non-hydrogen) atoms. The van der Waals surface area contributed by atoms with Gasteiger partial charge in [-0.05, 0) is 61.1 Å². The van der Waals surface area contributed by atoms with Crippen LogP contribution in [-0.2, 0) is 42.6 Å². The Kier molecular flexibility index (Phi) is 11.6. The summed E-state index contributed by atoms with van der Waals surface area (Å²) < 4.78 is 54.3. The van der Waals surface area contributed by atoms with Gasteiger partial charge in [-0.2, -0.15) is 13.2 Å². The number of pyridine rings is 2. The number of carbonyl (C=O) groups is 1. The highest BCUT2D eigenvalue weighted by atomic mass is 35.5. The molecular formula is C40H43ClF3N7O5. The van der Waals surface area contributed by atoms with Crippen LogP contribution < -0.4 is 31.9 Å². The molecule has 0 saturated carbocycles. The van der Waals surface area contributed by atoms with Gasteiger partial charge in [-0.1, -0.05) is 55.8 Å². The first kappa shape index (κ1) is 40.4. The number of nitrogens with one attached hydrogen (secondary N) is 3. The Morgan fingerprint density at radius 3 is 2.29 bits per heavy atom. The number of ether oxygens (including phenoxy) is 2. The lowest BCUT2D eigenvalue weighted by Crippen LogP contribution is -2.69. The predicted octanol–water partition coefficient (Wildman–Crippen LogP) is 6.08. The summed E-state index contributed by atoms with van der Waals surface area (Å²) in [4.78, 5) is 44.8. The zero-order valence-corrected chi connectivity index (χ0v) is 32.7. The van der Waals surface area contributed by atoms with Gasteiger partial charge in [0.1, 0.15) is 29.1 Å². The molecule has 1 aliphatic carbocycles. The number of benzene rings is 2. The van der Waals surface area contributed by atoms with Crippen LogP contribution in [0.5, 0.6) is 5.88 Å². The molecule has 2 saturated heterocycles. The number of carbonyl (C=O) groups excluding carboxylic acids is 1. The summed E-state index contributed by atoms with van der Waals surface area (Å²) in [6.45, 7) is 8.42. The molecule has 0 bridgehead atoms. The second kappa shape index (κ2) is 16.1. The first-order chi connectivity index (χ1) is 26.7. The normalized spacial score (nSPS) is 15.5. The smallest absolute Gasteiger partial charge is 0.433 e. The molecule has 5 aromatic rings.